The molecule has 4 heterocycles. The fourth-order valence-corrected chi connectivity index (χ4v) is 3.83. The van der Waals surface area contributed by atoms with Crippen LogP contribution in [0.1, 0.15) is 0 Å². The topological polar surface area (TPSA) is 71.3 Å². The van der Waals surface area contributed by atoms with Crippen LogP contribution in [0.4, 0.5) is 5.13 Å². The summed E-state index contributed by atoms with van der Waals surface area (Å²) >= 11 is 1.61. The third-order valence-electron chi connectivity index (χ3n) is 4.07. The van der Waals surface area contributed by atoms with Gasteiger partial charge in [-0.3, -0.25) is 5.10 Å². The average molecular weight is 326 g/mol. The molecule has 0 bridgehead atoms. The first-order valence-electron chi connectivity index (χ1n) is 7.50. The standard InChI is InChI=1S/C15H14N6OS/c1-2-10(11-8-16-18-12(11)3-1)13-9-21-14(17-13)23-15(19-21)20-4-6-22-7-5-20/h1-3,8-9H,4-7H2,(H,16,18). The highest BCUT2D eigenvalue weighted by molar-refractivity contribution is 7.20. The smallest absolute Gasteiger partial charge is 0.214 e. The SMILES string of the molecule is c1cc(-c2cn3nc(N4CCOCC4)sc3n2)c2cn[nH]c2c1. The molecule has 0 unspecified atom stereocenters. The van der Waals surface area contributed by atoms with Gasteiger partial charge in [0, 0.05) is 24.0 Å². The Hall–Kier alpha value is -2.45. The van der Waals surface area contributed by atoms with E-state index < -0.39 is 0 Å². The van der Waals surface area contributed by atoms with Gasteiger partial charge in [0.1, 0.15) is 0 Å². The molecule has 0 spiro atoms. The van der Waals surface area contributed by atoms with Gasteiger partial charge in [0.15, 0.2) is 0 Å². The quantitative estimate of drug-likeness (QED) is 0.611. The van der Waals surface area contributed by atoms with Crippen molar-refractivity contribution in [3.8, 4) is 11.3 Å². The molecule has 0 saturated carbocycles. The molecule has 1 fully saturated rings. The monoisotopic (exact) mass is 326 g/mol. The summed E-state index contributed by atoms with van der Waals surface area (Å²) < 4.78 is 7.26. The number of H-pyrrole nitrogens is 1. The van der Waals surface area contributed by atoms with Gasteiger partial charge in [-0.25, -0.2) is 9.50 Å². The molecular formula is C15H14N6OS. The Labute approximate surface area is 135 Å². The predicted octanol–water partition coefficient (Wildman–Crippen LogP) is 2.17. The molecule has 1 saturated heterocycles. The number of aromatic nitrogens is 5. The summed E-state index contributed by atoms with van der Waals surface area (Å²) in [6.45, 7) is 3.29. The summed E-state index contributed by atoms with van der Waals surface area (Å²) in [6.07, 6.45) is 3.82. The normalized spacial score (nSPS) is 15.7. The molecule has 1 aliphatic rings. The number of hydrogen-bond acceptors (Lipinski definition) is 6. The summed E-state index contributed by atoms with van der Waals surface area (Å²) in [5, 5.41) is 13.9. The van der Waals surface area contributed by atoms with Gasteiger partial charge in [-0.15, -0.1) is 5.10 Å². The second-order valence-corrected chi connectivity index (χ2v) is 6.41. The average Bonchev–Trinajstić information content (AvgIpc) is 3.29. The molecule has 4 aromatic rings. The number of ether oxygens (including phenoxy) is 1. The predicted molar refractivity (Wildman–Crippen MR) is 89.0 cm³/mol. The van der Waals surface area contributed by atoms with E-state index in [1.807, 2.05) is 29.0 Å². The zero-order chi connectivity index (χ0) is 15.2. The molecule has 3 aromatic heterocycles. The van der Waals surface area contributed by atoms with Crippen molar-refractivity contribution in [1.29, 1.82) is 0 Å². The Morgan fingerprint density at radius 3 is 3.00 bits per heavy atom. The van der Waals surface area contributed by atoms with Crippen LogP contribution in [0.15, 0.2) is 30.6 Å². The Morgan fingerprint density at radius 1 is 1.22 bits per heavy atom. The van der Waals surface area contributed by atoms with Crippen molar-refractivity contribution in [3.63, 3.8) is 0 Å². The van der Waals surface area contributed by atoms with E-state index in [0.717, 1.165) is 58.6 Å². The number of nitrogens with zero attached hydrogens (tertiary/aromatic N) is 5. The Balaban J connectivity index is 1.56. The summed E-state index contributed by atoms with van der Waals surface area (Å²) in [7, 11) is 0. The molecular weight excluding hydrogens is 312 g/mol. The van der Waals surface area contributed by atoms with Gasteiger partial charge in [-0.1, -0.05) is 23.5 Å². The maximum atomic E-state index is 5.39. The lowest BCUT2D eigenvalue weighted by Gasteiger charge is -2.25. The zero-order valence-corrected chi connectivity index (χ0v) is 13.1. The second-order valence-electron chi connectivity index (χ2n) is 5.47. The van der Waals surface area contributed by atoms with Crippen molar-refractivity contribution in [2.24, 2.45) is 0 Å². The molecule has 23 heavy (non-hydrogen) atoms. The molecule has 1 aromatic carbocycles. The molecule has 5 rings (SSSR count). The van der Waals surface area contributed by atoms with Crippen LogP contribution >= 0.6 is 11.3 Å². The van der Waals surface area contributed by atoms with Crippen LogP contribution in [-0.4, -0.2) is 51.1 Å². The van der Waals surface area contributed by atoms with Crippen LogP contribution < -0.4 is 4.90 Å². The Kier molecular flexibility index (Phi) is 2.85. The lowest BCUT2D eigenvalue weighted by molar-refractivity contribution is 0.122. The minimum absolute atomic E-state index is 0.760. The first-order chi connectivity index (χ1) is 11.4. The Bertz CT molecular complexity index is 949. The van der Waals surface area contributed by atoms with E-state index in [1.165, 1.54) is 0 Å². The number of fused-ring (bicyclic) bond motifs is 2. The van der Waals surface area contributed by atoms with Gasteiger partial charge in [-0.05, 0) is 6.07 Å². The van der Waals surface area contributed by atoms with Gasteiger partial charge < -0.3 is 9.64 Å². The van der Waals surface area contributed by atoms with Gasteiger partial charge in [0.25, 0.3) is 0 Å². The molecule has 7 nitrogen and oxygen atoms in total. The highest BCUT2D eigenvalue weighted by atomic mass is 32.1. The van der Waals surface area contributed by atoms with Gasteiger partial charge in [-0.2, -0.15) is 5.10 Å². The zero-order valence-electron chi connectivity index (χ0n) is 12.3. The maximum Gasteiger partial charge on any atom is 0.214 e. The number of imidazole rings is 1. The number of rotatable bonds is 2. The minimum atomic E-state index is 0.760. The first-order valence-corrected chi connectivity index (χ1v) is 8.31. The van der Waals surface area contributed by atoms with Crippen LogP contribution in [0.5, 0.6) is 0 Å². The third kappa shape index (κ3) is 2.10. The van der Waals surface area contributed by atoms with E-state index in [4.69, 9.17) is 9.72 Å². The van der Waals surface area contributed by atoms with E-state index >= 15 is 0 Å². The van der Waals surface area contributed by atoms with Crippen molar-refractivity contribution in [3.05, 3.63) is 30.6 Å². The van der Waals surface area contributed by atoms with Crippen molar-refractivity contribution in [2.45, 2.75) is 0 Å². The van der Waals surface area contributed by atoms with E-state index in [0.29, 0.717) is 0 Å². The number of hydrogen-bond donors (Lipinski definition) is 1. The molecule has 0 radical (unpaired) electrons. The Morgan fingerprint density at radius 2 is 2.13 bits per heavy atom. The first kappa shape index (κ1) is 13.0. The van der Waals surface area contributed by atoms with E-state index in [2.05, 4.69) is 26.3 Å². The van der Waals surface area contributed by atoms with Crippen molar-refractivity contribution in [2.75, 3.05) is 31.2 Å². The highest BCUT2D eigenvalue weighted by Crippen LogP contribution is 2.30. The van der Waals surface area contributed by atoms with Crippen molar-refractivity contribution < 1.29 is 4.74 Å². The van der Waals surface area contributed by atoms with Crippen LogP contribution in [0.2, 0.25) is 0 Å². The molecule has 0 amide bonds. The number of anilines is 1. The number of nitrogens with one attached hydrogen (secondary N) is 1. The molecule has 116 valence electrons. The molecule has 0 atom stereocenters. The van der Waals surface area contributed by atoms with E-state index in [-0.39, 0.29) is 0 Å². The summed E-state index contributed by atoms with van der Waals surface area (Å²) in [5.41, 5.74) is 3.01. The lowest BCUT2D eigenvalue weighted by Crippen LogP contribution is -2.36. The van der Waals surface area contributed by atoms with E-state index in [9.17, 15) is 0 Å². The van der Waals surface area contributed by atoms with Gasteiger partial charge in [0.2, 0.25) is 10.1 Å². The van der Waals surface area contributed by atoms with Gasteiger partial charge in [0.05, 0.1) is 36.8 Å². The highest BCUT2D eigenvalue weighted by Gasteiger charge is 2.18. The second kappa shape index (κ2) is 5.04. The summed E-state index contributed by atoms with van der Waals surface area (Å²) in [6, 6.07) is 6.09. The third-order valence-corrected chi connectivity index (χ3v) is 5.06. The summed E-state index contributed by atoms with van der Waals surface area (Å²) in [5.74, 6) is 0. The molecule has 0 aliphatic carbocycles. The maximum absolute atomic E-state index is 5.39. The molecule has 8 heteroatoms. The largest absolute Gasteiger partial charge is 0.378 e. The van der Waals surface area contributed by atoms with Crippen LogP contribution in [-0.2, 0) is 4.74 Å². The number of benzene rings is 1. The summed E-state index contributed by atoms with van der Waals surface area (Å²) in [4.78, 5) is 7.90. The minimum Gasteiger partial charge on any atom is -0.378 e. The lowest BCUT2D eigenvalue weighted by atomic mass is 10.1. The van der Waals surface area contributed by atoms with Gasteiger partial charge >= 0.3 is 0 Å². The van der Waals surface area contributed by atoms with Crippen LogP contribution in [0.25, 0.3) is 27.1 Å². The molecule has 1 N–H and O–H groups in total. The van der Waals surface area contributed by atoms with E-state index in [1.54, 1.807) is 11.3 Å². The van der Waals surface area contributed by atoms with Crippen LogP contribution in [0.3, 0.4) is 0 Å². The fourth-order valence-electron chi connectivity index (χ4n) is 2.89. The number of morpholine rings is 1. The molecule has 1 aliphatic heterocycles. The fraction of sp³-hybridized carbons (Fsp3) is 0.267. The van der Waals surface area contributed by atoms with Crippen molar-refractivity contribution in [1.82, 2.24) is 24.8 Å². The van der Waals surface area contributed by atoms with Crippen LogP contribution in [0, 0.1) is 0 Å². The number of aromatic amines is 1. The van der Waals surface area contributed by atoms with Crippen molar-refractivity contribution >= 4 is 32.3 Å².